The molecule has 0 spiro atoms. The van der Waals surface area contributed by atoms with Crippen LogP contribution in [0.25, 0.3) is 0 Å². The normalized spacial score (nSPS) is 19.6. The van der Waals surface area contributed by atoms with Gasteiger partial charge in [0, 0.05) is 18.8 Å². The number of hydrogen-bond donors (Lipinski definition) is 1. The molecule has 1 aliphatic heterocycles. The maximum atomic E-state index is 12.2. The van der Waals surface area contributed by atoms with Crippen molar-refractivity contribution in [2.75, 3.05) is 13.1 Å². The van der Waals surface area contributed by atoms with Crippen LogP contribution in [0.4, 0.5) is 0 Å². The minimum absolute atomic E-state index is 0.121. The van der Waals surface area contributed by atoms with E-state index in [0.717, 1.165) is 18.5 Å². The van der Waals surface area contributed by atoms with Gasteiger partial charge in [-0.3, -0.25) is 9.59 Å². The lowest BCUT2D eigenvalue weighted by Crippen LogP contribution is -2.44. The van der Waals surface area contributed by atoms with Crippen LogP contribution in [-0.4, -0.2) is 34.8 Å². The fraction of sp³-hybridized carbons (Fsp3) is 0.462. The fourth-order valence-electron chi connectivity index (χ4n) is 2.22. The zero-order valence-electron chi connectivity index (χ0n) is 10.4. The van der Waals surface area contributed by atoms with Gasteiger partial charge in [-0.25, -0.2) is 4.98 Å². The van der Waals surface area contributed by atoms with Crippen molar-refractivity contribution in [1.29, 1.82) is 0 Å². The van der Waals surface area contributed by atoms with Gasteiger partial charge in [0.05, 0.1) is 5.92 Å². The maximum Gasteiger partial charge on any atom is 0.272 e. The van der Waals surface area contributed by atoms with Crippen molar-refractivity contribution < 1.29 is 9.59 Å². The van der Waals surface area contributed by atoms with Gasteiger partial charge in [-0.05, 0) is 31.9 Å². The van der Waals surface area contributed by atoms with E-state index in [-0.39, 0.29) is 17.7 Å². The highest BCUT2D eigenvalue weighted by molar-refractivity contribution is 5.92. The van der Waals surface area contributed by atoms with Crippen molar-refractivity contribution in [3.63, 3.8) is 0 Å². The van der Waals surface area contributed by atoms with Crippen LogP contribution in [0.1, 0.15) is 29.0 Å². The molecule has 96 valence electrons. The Morgan fingerprint density at radius 2 is 2.22 bits per heavy atom. The number of piperidine rings is 1. The second kappa shape index (κ2) is 5.16. The van der Waals surface area contributed by atoms with E-state index >= 15 is 0 Å². The van der Waals surface area contributed by atoms with E-state index in [2.05, 4.69) is 4.98 Å². The first-order chi connectivity index (χ1) is 8.58. The van der Waals surface area contributed by atoms with Gasteiger partial charge in [0.2, 0.25) is 5.91 Å². The summed E-state index contributed by atoms with van der Waals surface area (Å²) in [6, 6.07) is 5.35. The van der Waals surface area contributed by atoms with Crippen molar-refractivity contribution in [2.45, 2.75) is 19.8 Å². The molecule has 0 bridgehead atoms. The summed E-state index contributed by atoms with van der Waals surface area (Å²) in [4.78, 5) is 29.3. The first kappa shape index (κ1) is 12.5. The molecule has 0 aliphatic carbocycles. The van der Waals surface area contributed by atoms with Crippen LogP contribution in [0.2, 0.25) is 0 Å². The monoisotopic (exact) mass is 247 g/mol. The maximum absolute atomic E-state index is 12.2. The lowest BCUT2D eigenvalue weighted by Gasteiger charge is -2.31. The molecule has 1 saturated heterocycles. The number of likely N-dealkylation sites (tertiary alicyclic amines) is 1. The molecule has 1 aliphatic rings. The van der Waals surface area contributed by atoms with Crippen molar-refractivity contribution in [3.05, 3.63) is 29.6 Å². The standard InChI is InChI=1S/C13H17N3O2/c1-9-4-2-6-11(15-9)13(18)16-7-3-5-10(8-16)12(14)17/h2,4,6,10H,3,5,7-8H2,1H3,(H2,14,17). The Bertz CT molecular complexity index is 473. The summed E-state index contributed by atoms with van der Waals surface area (Å²) in [6.45, 7) is 2.92. The van der Waals surface area contributed by atoms with E-state index in [9.17, 15) is 9.59 Å². The third kappa shape index (κ3) is 2.67. The van der Waals surface area contributed by atoms with Gasteiger partial charge in [-0.15, -0.1) is 0 Å². The SMILES string of the molecule is Cc1cccc(C(=O)N2CCCC(C(N)=O)C2)n1. The smallest absolute Gasteiger partial charge is 0.272 e. The quantitative estimate of drug-likeness (QED) is 0.837. The summed E-state index contributed by atoms with van der Waals surface area (Å²) in [5.41, 5.74) is 6.54. The average molecular weight is 247 g/mol. The summed E-state index contributed by atoms with van der Waals surface area (Å²) in [5.74, 6) is -0.679. The van der Waals surface area contributed by atoms with Gasteiger partial charge in [0.1, 0.15) is 5.69 Å². The molecule has 0 saturated carbocycles. The number of pyridine rings is 1. The number of nitrogens with zero attached hydrogens (tertiary/aromatic N) is 2. The third-order valence-electron chi connectivity index (χ3n) is 3.22. The predicted octanol–water partition coefficient (Wildman–Crippen LogP) is 0.728. The molecule has 5 heteroatoms. The molecule has 0 radical (unpaired) electrons. The van der Waals surface area contributed by atoms with Gasteiger partial charge in [0.15, 0.2) is 0 Å². The van der Waals surface area contributed by atoms with Crippen molar-refractivity contribution in [1.82, 2.24) is 9.88 Å². The van der Waals surface area contributed by atoms with E-state index in [1.165, 1.54) is 0 Å². The second-order valence-corrected chi connectivity index (χ2v) is 4.66. The van der Waals surface area contributed by atoms with Crippen molar-refractivity contribution in [2.24, 2.45) is 11.7 Å². The molecule has 1 aromatic rings. The first-order valence-electron chi connectivity index (χ1n) is 6.10. The van der Waals surface area contributed by atoms with Gasteiger partial charge < -0.3 is 10.6 Å². The second-order valence-electron chi connectivity index (χ2n) is 4.66. The molecule has 2 rings (SSSR count). The third-order valence-corrected chi connectivity index (χ3v) is 3.22. The lowest BCUT2D eigenvalue weighted by atomic mass is 9.97. The molecule has 18 heavy (non-hydrogen) atoms. The number of aryl methyl sites for hydroxylation is 1. The Balaban J connectivity index is 2.11. The highest BCUT2D eigenvalue weighted by Gasteiger charge is 2.27. The van der Waals surface area contributed by atoms with E-state index in [0.29, 0.717) is 18.8 Å². The fourth-order valence-corrected chi connectivity index (χ4v) is 2.22. The number of amides is 2. The van der Waals surface area contributed by atoms with E-state index in [1.807, 2.05) is 19.1 Å². The molecule has 1 atom stereocenters. The van der Waals surface area contributed by atoms with Crippen LogP contribution in [-0.2, 0) is 4.79 Å². The summed E-state index contributed by atoms with van der Waals surface area (Å²) in [6.07, 6.45) is 1.57. The molecule has 2 amide bonds. The molecule has 2 N–H and O–H groups in total. The highest BCUT2D eigenvalue weighted by atomic mass is 16.2. The van der Waals surface area contributed by atoms with Crippen LogP contribution in [0, 0.1) is 12.8 Å². The average Bonchev–Trinajstić information content (AvgIpc) is 2.38. The topological polar surface area (TPSA) is 76.3 Å². The highest BCUT2D eigenvalue weighted by Crippen LogP contribution is 2.17. The molecule has 1 fully saturated rings. The number of nitrogens with two attached hydrogens (primary N) is 1. The Morgan fingerprint density at radius 3 is 2.89 bits per heavy atom. The largest absolute Gasteiger partial charge is 0.369 e. The molecular weight excluding hydrogens is 230 g/mol. The predicted molar refractivity (Wildman–Crippen MR) is 66.8 cm³/mol. The molecule has 0 aromatic carbocycles. The van der Waals surface area contributed by atoms with Crippen molar-refractivity contribution >= 4 is 11.8 Å². The molecule has 2 heterocycles. The van der Waals surface area contributed by atoms with Crippen molar-refractivity contribution in [3.8, 4) is 0 Å². The number of rotatable bonds is 2. The molecule has 5 nitrogen and oxygen atoms in total. The van der Waals surface area contributed by atoms with Crippen LogP contribution in [0.5, 0.6) is 0 Å². The summed E-state index contributed by atoms with van der Waals surface area (Å²) in [7, 11) is 0. The van der Waals surface area contributed by atoms with Gasteiger partial charge >= 0.3 is 0 Å². The Kier molecular flexibility index (Phi) is 3.60. The van der Waals surface area contributed by atoms with E-state index in [4.69, 9.17) is 5.73 Å². The molecule has 1 aromatic heterocycles. The van der Waals surface area contributed by atoms with Crippen LogP contribution in [0.15, 0.2) is 18.2 Å². The Hall–Kier alpha value is -1.91. The number of carbonyl (C=O) groups is 2. The van der Waals surface area contributed by atoms with Crippen LogP contribution < -0.4 is 5.73 Å². The summed E-state index contributed by atoms with van der Waals surface area (Å²) < 4.78 is 0. The first-order valence-corrected chi connectivity index (χ1v) is 6.10. The summed E-state index contributed by atoms with van der Waals surface area (Å²) >= 11 is 0. The van der Waals surface area contributed by atoms with E-state index in [1.54, 1.807) is 11.0 Å². The molecule has 1 unspecified atom stereocenters. The number of carbonyl (C=O) groups excluding carboxylic acids is 2. The van der Waals surface area contributed by atoms with Gasteiger partial charge in [-0.2, -0.15) is 0 Å². The van der Waals surface area contributed by atoms with Gasteiger partial charge in [-0.1, -0.05) is 6.07 Å². The van der Waals surface area contributed by atoms with Gasteiger partial charge in [0.25, 0.3) is 5.91 Å². The van der Waals surface area contributed by atoms with Crippen LogP contribution in [0.3, 0.4) is 0 Å². The lowest BCUT2D eigenvalue weighted by molar-refractivity contribution is -0.123. The minimum Gasteiger partial charge on any atom is -0.369 e. The van der Waals surface area contributed by atoms with Crippen LogP contribution >= 0.6 is 0 Å². The zero-order chi connectivity index (χ0) is 13.1. The zero-order valence-corrected chi connectivity index (χ0v) is 10.4. The number of hydrogen-bond acceptors (Lipinski definition) is 3. The van der Waals surface area contributed by atoms with E-state index < -0.39 is 0 Å². The summed E-state index contributed by atoms with van der Waals surface area (Å²) in [5, 5.41) is 0. The molecular formula is C13H17N3O2. The Morgan fingerprint density at radius 1 is 1.44 bits per heavy atom. The minimum atomic E-state index is -0.329. The number of aromatic nitrogens is 1. The Labute approximate surface area is 106 Å². The number of primary amides is 1.